The Balaban J connectivity index is 2.09. The molecule has 1 heterocycles. The third-order valence-electron chi connectivity index (χ3n) is 5.44. The fourth-order valence-electron chi connectivity index (χ4n) is 3.68. The van der Waals surface area contributed by atoms with Crippen molar-refractivity contribution in [3.8, 4) is 16.9 Å². The Morgan fingerprint density at radius 3 is 2.32 bits per heavy atom. The molecule has 34 heavy (non-hydrogen) atoms. The molecule has 0 spiro atoms. The summed E-state index contributed by atoms with van der Waals surface area (Å²) in [5.41, 5.74) is 4.23. The van der Waals surface area contributed by atoms with Crippen LogP contribution in [0.15, 0.2) is 41.5 Å². The third-order valence-corrected chi connectivity index (χ3v) is 5.87. The molecule has 3 rings (SSSR count). The first-order valence-electron chi connectivity index (χ1n) is 10.8. The predicted octanol–water partition coefficient (Wildman–Crippen LogP) is 3.38. The summed E-state index contributed by atoms with van der Waals surface area (Å²) in [6, 6.07) is 10.8. The number of hydrazone groups is 1. The SMILES string of the molecule is COc1c(-c2ccc(C(C)=NNS(C)(=O)=O)cc2)cc(N2CCC(=O)NC2=O)cc1C(C)(C)C. The molecule has 0 atom stereocenters. The number of anilines is 1. The molecule has 0 unspecified atom stereocenters. The van der Waals surface area contributed by atoms with Crippen LogP contribution < -0.4 is 19.8 Å². The van der Waals surface area contributed by atoms with Crippen LogP contribution in [0.1, 0.15) is 45.2 Å². The second-order valence-electron chi connectivity index (χ2n) is 9.22. The van der Waals surface area contributed by atoms with Gasteiger partial charge in [-0.05, 0) is 35.6 Å². The highest BCUT2D eigenvalue weighted by molar-refractivity contribution is 7.88. The van der Waals surface area contributed by atoms with Crippen molar-refractivity contribution >= 4 is 33.4 Å². The van der Waals surface area contributed by atoms with Crippen LogP contribution in [-0.2, 0) is 20.2 Å². The summed E-state index contributed by atoms with van der Waals surface area (Å²) in [4.78, 5) is 27.8. The zero-order valence-electron chi connectivity index (χ0n) is 20.2. The molecule has 10 heteroatoms. The molecule has 2 N–H and O–H groups in total. The number of carbonyl (C=O) groups is 2. The number of methoxy groups -OCH3 is 1. The van der Waals surface area contributed by atoms with Gasteiger partial charge < -0.3 is 4.74 Å². The summed E-state index contributed by atoms with van der Waals surface area (Å²) in [7, 11) is -1.83. The van der Waals surface area contributed by atoms with Gasteiger partial charge in [0.1, 0.15) is 5.75 Å². The van der Waals surface area contributed by atoms with Crippen molar-refractivity contribution in [2.24, 2.45) is 5.10 Å². The maximum atomic E-state index is 12.5. The minimum absolute atomic E-state index is 0.229. The molecule has 182 valence electrons. The van der Waals surface area contributed by atoms with Gasteiger partial charge in [-0.3, -0.25) is 15.0 Å². The normalized spacial score (nSPS) is 15.2. The van der Waals surface area contributed by atoms with Gasteiger partial charge >= 0.3 is 6.03 Å². The summed E-state index contributed by atoms with van der Waals surface area (Å²) in [6.45, 7) is 8.20. The lowest BCUT2D eigenvalue weighted by molar-refractivity contribution is -0.120. The summed E-state index contributed by atoms with van der Waals surface area (Å²) in [5, 5.41) is 6.28. The lowest BCUT2D eigenvalue weighted by Crippen LogP contribution is -2.49. The molecule has 1 aliphatic rings. The smallest absolute Gasteiger partial charge is 0.328 e. The molecule has 0 radical (unpaired) electrons. The molecule has 2 aromatic rings. The van der Waals surface area contributed by atoms with E-state index in [-0.39, 0.29) is 17.7 Å². The Bertz CT molecular complexity index is 1250. The summed E-state index contributed by atoms with van der Waals surface area (Å²) >= 11 is 0. The highest BCUT2D eigenvalue weighted by Gasteiger charge is 2.29. The van der Waals surface area contributed by atoms with Gasteiger partial charge in [0.2, 0.25) is 15.9 Å². The van der Waals surface area contributed by atoms with Crippen molar-refractivity contribution in [2.45, 2.75) is 39.5 Å². The summed E-state index contributed by atoms with van der Waals surface area (Å²) in [5.74, 6) is 0.408. The lowest BCUT2D eigenvalue weighted by Gasteiger charge is -2.31. The number of benzene rings is 2. The number of carbonyl (C=O) groups excluding carboxylic acids is 2. The van der Waals surface area contributed by atoms with Gasteiger partial charge in [0.15, 0.2) is 0 Å². The highest BCUT2D eigenvalue weighted by atomic mass is 32.2. The van der Waals surface area contributed by atoms with E-state index in [1.807, 2.05) is 36.4 Å². The second kappa shape index (κ2) is 9.46. The van der Waals surface area contributed by atoms with Gasteiger partial charge in [0.25, 0.3) is 0 Å². The van der Waals surface area contributed by atoms with E-state index in [0.717, 1.165) is 28.5 Å². The number of urea groups is 1. The lowest BCUT2D eigenvalue weighted by atomic mass is 9.83. The van der Waals surface area contributed by atoms with Crippen LogP contribution >= 0.6 is 0 Å². The summed E-state index contributed by atoms with van der Waals surface area (Å²) in [6.07, 6.45) is 1.27. The van der Waals surface area contributed by atoms with Gasteiger partial charge in [-0.25, -0.2) is 18.0 Å². The van der Waals surface area contributed by atoms with Crippen molar-refractivity contribution in [3.05, 3.63) is 47.5 Å². The fourth-order valence-corrected chi connectivity index (χ4v) is 3.98. The van der Waals surface area contributed by atoms with Crippen LogP contribution in [0.25, 0.3) is 11.1 Å². The second-order valence-corrected chi connectivity index (χ2v) is 10.9. The molecule has 0 bridgehead atoms. The highest BCUT2D eigenvalue weighted by Crippen LogP contribution is 2.42. The Hall–Kier alpha value is -3.40. The number of sulfonamides is 1. The Labute approximate surface area is 200 Å². The van der Waals surface area contributed by atoms with Crippen molar-refractivity contribution < 1.29 is 22.7 Å². The van der Waals surface area contributed by atoms with Crippen molar-refractivity contribution in [3.63, 3.8) is 0 Å². The predicted molar refractivity (Wildman–Crippen MR) is 133 cm³/mol. The fraction of sp³-hybridized carbons (Fsp3) is 0.375. The molecule has 3 amide bonds. The molecule has 0 saturated carbocycles. The number of amides is 3. The van der Waals surface area contributed by atoms with E-state index in [0.29, 0.717) is 23.7 Å². The van der Waals surface area contributed by atoms with E-state index in [9.17, 15) is 18.0 Å². The molecule has 0 aliphatic carbocycles. The van der Waals surface area contributed by atoms with E-state index in [4.69, 9.17) is 4.74 Å². The third kappa shape index (κ3) is 5.74. The molecular weight excluding hydrogens is 456 g/mol. The van der Waals surface area contributed by atoms with Crippen LogP contribution in [0.5, 0.6) is 5.75 Å². The Morgan fingerprint density at radius 2 is 1.79 bits per heavy atom. The quantitative estimate of drug-likeness (QED) is 0.480. The van der Waals surface area contributed by atoms with Crippen LogP contribution in [0.3, 0.4) is 0 Å². The van der Waals surface area contributed by atoms with Crippen molar-refractivity contribution in [1.82, 2.24) is 10.1 Å². The standard InChI is InChI=1S/C24H30N4O5S/c1-15(26-27-34(6,31)32)16-7-9-17(10-8-16)19-13-18(28-12-11-21(29)25-23(28)30)14-20(22(19)33-5)24(2,3)4/h7-10,13-14,27H,11-12H2,1-6H3,(H,25,29,30). The van der Waals surface area contributed by atoms with Crippen LogP contribution in [0.2, 0.25) is 0 Å². The number of nitrogens with zero attached hydrogens (tertiary/aromatic N) is 2. The topological polar surface area (TPSA) is 117 Å². The van der Waals surface area contributed by atoms with E-state index in [2.05, 4.69) is 36.0 Å². The van der Waals surface area contributed by atoms with Crippen LogP contribution in [-0.4, -0.2) is 46.0 Å². The van der Waals surface area contributed by atoms with Gasteiger partial charge in [0.05, 0.1) is 19.1 Å². The molecular formula is C24H30N4O5S. The number of imide groups is 1. The molecule has 9 nitrogen and oxygen atoms in total. The van der Waals surface area contributed by atoms with E-state index >= 15 is 0 Å². The zero-order chi connectivity index (χ0) is 25.3. The number of ether oxygens (including phenoxy) is 1. The monoisotopic (exact) mass is 486 g/mol. The minimum atomic E-state index is -3.44. The van der Waals surface area contributed by atoms with Gasteiger partial charge in [0, 0.05) is 29.8 Å². The van der Waals surface area contributed by atoms with E-state index in [1.165, 1.54) is 0 Å². The first kappa shape index (κ1) is 25.2. The molecule has 1 fully saturated rings. The maximum absolute atomic E-state index is 12.5. The van der Waals surface area contributed by atoms with E-state index < -0.39 is 16.1 Å². The number of rotatable bonds is 6. The molecule has 0 aromatic heterocycles. The Morgan fingerprint density at radius 1 is 1.15 bits per heavy atom. The molecule has 1 saturated heterocycles. The number of hydrogen-bond acceptors (Lipinski definition) is 6. The average molecular weight is 487 g/mol. The zero-order valence-corrected chi connectivity index (χ0v) is 21.0. The van der Waals surface area contributed by atoms with Crippen LogP contribution in [0.4, 0.5) is 10.5 Å². The minimum Gasteiger partial charge on any atom is -0.496 e. The van der Waals surface area contributed by atoms with Crippen molar-refractivity contribution in [1.29, 1.82) is 0 Å². The van der Waals surface area contributed by atoms with Crippen LogP contribution in [0, 0.1) is 0 Å². The number of hydrogen-bond donors (Lipinski definition) is 2. The van der Waals surface area contributed by atoms with Crippen molar-refractivity contribution in [2.75, 3.05) is 24.8 Å². The first-order valence-corrected chi connectivity index (χ1v) is 12.6. The first-order chi connectivity index (χ1) is 15.8. The average Bonchev–Trinajstić information content (AvgIpc) is 2.75. The number of nitrogens with one attached hydrogen (secondary N) is 2. The largest absolute Gasteiger partial charge is 0.496 e. The van der Waals surface area contributed by atoms with Gasteiger partial charge in [-0.15, -0.1) is 0 Å². The Kier molecular flexibility index (Phi) is 7.02. The van der Waals surface area contributed by atoms with Gasteiger partial charge in [-0.2, -0.15) is 5.10 Å². The van der Waals surface area contributed by atoms with E-state index in [1.54, 1.807) is 18.9 Å². The molecule has 1 aliphatic heterocycles. The maximum Gasteiger partial charge on any atom is 0.328 e. The molecule has 2 aromatic carbocycles. The summed E-state index contributed by atoms with van der Waals surface area (Å²) < 4.78 is 28.4. The van der Waals surface area contributed by atoms with Gasteiger partial charge in [-0.1, -0.05) is 45.0 Å².